The van der Waals surface area contributed by atoms with Crippen molar-refractivity contribution in [3.05, 3.63) is 64.4 Å². The zero-order valence-electron chi connectivity index (χ0n) is 18.4. The van der Waals surface area contributed by atoms with E-state index in [1.807, 2.05) is 30.3 Å². The third-order valence-corrected chi connectivity index (χ3v) is 6.58. The van der Waals surface area contributed by atoms with Crippen molar-refractivity contribution in [1.29, 1.82) is 0 Å². The fourth-order valence-corrected chi connectivity index (χ4v) is 4.69. The molecule has 0 bridgehead atoms. The van der Waals surface area contributed by atoms with Crippen molar-refractivity contribution in [3.8, 4) is 5.75 Å². The molecule has 8 nitrogen and oxygen atoms in total. The minimum atomic E-state index is -0.477. The van der Waals surface area contributed by atoms with Gasteiger partial charge in [-0.05, 0) is 42.7 Å². The highest BCUT2D eigenvalue weighted by Crippen LogP contribution is 2.20. The summed E-state index contributed by atoms with van der Waals surface area (Å²) < 4.78 is 6.76. The van der Waals surface area contributed by atoms with E-state index in [2.05, 4.69) is 15.6 Å². The minimum Gasteiger partial charge on any atom is -0.497 e. The van der Waals surface area contributed by atoms with Gasteiger partial charge in [-0.3, -0.25) is 19.5 Å². The molecule has 4 rings (SSSR count). The Morgan fingerprint density at radius 2 is 1.85 bits per heavy atom. The number of carbonyl (C=O) groups is 2. The molecule has 2 N–H and O–H groups in total. The van der Waals surface area contributed by atoms with Crippen LogP contribution in [0, 0.1) is 0 Å². The Morgan fingerprint density at radius 1 is 1.12 bits per heavy atom. The number of amides is 3. The number of urea groups is 1. The summed E-state index contributed by atoms with van der Waals surface area (Å²) in [4.78, 5) is 42.3. The van der Waals surface area contributed by atoms with Crippen molar-refractivity contribution in [2.24, 2.45) is 0 Å². The number of thioether (sulfide) groups is 1. The number of aromatic nitrogens is 2. The molecule has 2 aromatic carbocycles. The maximum Gasteiger partial charge on any atom is 0.321 e. The van der Waals surface area contributed by atoms with Gasteiger partial charge in [0.25, 0.3) is 5.56 Å². The highest BCUT2D eigenvalue weighted by atomic mass is 32.2. The van der Waals surface area contributed by atoms with Crippen molar-refractivity contribution in [2.75, 3.05) is 12.9 Å². The van der Waals surface area contributed by atoms with E-state index < -0.39 is 11.9 Å². The molecule has 1 aliphatic carbocycles. The number of fused-ring (bicyclic) bond motifs is 1. The lowest BCUT2D eigenvalue weighted by Crippen LogP contribution is -2.44. The molecule has 1 saturated carbocycles. The van der Waals surface area contributed by atoms with Crippen molar-refractivity contribution < 1.29 is 14.3 Å². The molecular weight excluding hydrogens is 440 g/mol. The van der Waals surface area contributed by atoms with Gasteiger partial charge in [0.05, 0.1) is 30.3 Å². The molecule has 0 aliphatic heterocycles. The first kappa shape index (κ1) is 22.8. The number of hydrogen-bond donors (Lipinski definition) is 2. The van der Waals surface area contributed by atoms with Crippen molar-refractivity contribution in [2.45, 2.75) is 43.4 Å². The molecule has 1 fully saturated rings. The first-order valence-corrected chi connectivity index (χ1v) is 11.9. The van der Waals surface area contributed by atoms with Gasteiger partial charge in [-0.25, -0.2) is 9.78 Å². The highest BCUT2D eigenvalue weighted by molar-refractivity contribution is 7.99. The van der Waals surface area contributed by atoms with Gasteiger partial charge in [-0.1, -0.05) is 48.9 Å². The Kier molecular flexibility index (Phi) is 7.29. The predicted octanol–water partition coefficient (Wildman–Crippen LogP) is 3.31. The maximum atomic E-state index is 13.2. The van der Waals surface area contributed by atoms with Crippen LogP contribution in [0.25, 0.3) is 10.9 Å². The van der Waals surface area contributed by atoms with Gasteiger partial charge in [0.2, 0.25) is 5.91 Å². The predicted molar refractivity (Wildman–Crippen MR) is 128 cm³/mol. The van der Waals surface area contributed by atoms with Crippen LogP contribution in [-0.2, 0) is 11.3 Å². The molecule has 33 heavy (non-hydrogen) atoms. The Morgan fingerprint density at radius 3 is 2.58 bits per heavy atom. The quantitative estimate of drug-likeness (QED) is 0.409. The van der Waals surface area contributed by atoms with Crippen LogP contribution in [0.15, 0.2) is 58.5 Å². The Bertz CT molecular complexity index is 1200. The van der Waals surface area contributed by atoms with Gasteiger partial charge < -0.3 is 10.1 Å². The van der Waals surface area contributed by atoms with Gasteiger partial charge in [-0.15, -0.1) is 0 Å². The van der Waals surface area contributed by atoms with Crippen LogP contribution in [0.4, 0.5) is 4.79 Å². The number of nitrogens with zero attached hydrogens (tertiary/aromatic N) is 2. The van der Waals surface area contributed by atoms with Gasteiger partial charge in [-0.2, -0.15) is 0 Å². The molecule has 0 spiro atoms. The molecule has 0 radical (unpaired) electrons. The molecular formula is C24H26N4O4S. The van der Waals surface area contributed by atoms with E-state index in [1.54, 1.807) is 29.9 Å². The van der Waals surface area contributed by atoms with Gasteiger partial charge >= 0.3 is 6.03 Å². The van der Waals surface area contributed by atoms with Crippen LogP contribution in [0.5, 0.6) is 5.75 Å². The highest BCUT2D eigenvalue weighted by Gasteiger charge is 2.19. The maximum absolute atomic E-state index is 13.2. The minimum absolute atomic E-state index is 0.0362. The van der Waals surface area contributed by atoms with Crippen LogP contribution in [0.2, 0.25) is 0 Å². The molecule has 1 heterocycles. The molecule has 1 aliphatic rings. The number of ether oxygens (including phenoxy) is 1. The second kappa shape index (κ2) is 10.5. The lowest BCUT2D eigenvalue weighted by Gasteiger charge is -2.14. The van der Waals surface area contributed by atoms with Crippen molar-refractivity contribution in [1.82, 2.24) is 20.2 Å². The van der Waals surface area contributed by atoms with Crippen LogP contribution in [0.3, 0.4) is 0 Å². The molecule has 0 atom stereocenters. The normalized spacial score (nSPS) is 13.7. The standard InChI is InChI=1S/C24H26N4O4S/c1-32-18-12-10-16(11-13-18)14-28-22(30)19-8-4-5-9-20(19)26-24(28)33-15-21(29)27-23(31)25-17-6-2-3-7-17/h4-5,8-13,17H,2-3,6-7,14-15H2,1H3,(H2,25,27,29,31). The summed E-state index contributed by atoms with van der Waals surface area (Å²) in [6, 6.07) is 14.2. The van der Waals surface area contributed by atoms with E-state index in [4.69, 9.17) is 4.74 Å². The monoisotopic (exact) mass is 466 g/mol. The summed E-state index contributed by atoms with van der Waals surface area (Å²) in [6.45, 7) is 0.298. The lowest BCUT2D eigenvalue weighted by molar-refractivity contribution is -0.117. The number of carbonyl (C=O) groups excluding carboxylic acids is 2. The summed E-state index contributed by atoms with van der Waals surface area (Å²) in [5.74, 6) is 0.254. The number of methoxy groups -OCH3 is 1. The van der Waals surface area contributed by atoms with E-state index in [0.29, 0.717) is 22.6 Å². The van der Waals surface area contributed by atoms with E-state index >= 15 is 0 Å². The number of para-hydroxylation sites is 1. The van der Waals surface area contributed by atoms with E-state index in [-0.39, 0.29) is 17.4 Å². The van der Waals surface area contributed by atoms with Crippen molar-refractivity contribution >= 4 is 34.6 Å². The van der Waals surface area contributed by atoms with E-state index in [9.17, 15) is 14.4 Å². The first-order chi connectivity index (χ1) is 16.0. The van der Waals surface area contributed by atoms with Crippen LogP contribution < -0.4 is 20.9 Å². The molecule has 0 unspecified atom stereocenters. The van der Waals surface area contributed by atoms with Crippen LogP contribution in [-0.4, -0.2) is 40.4 Å². The van der Waals surface area contributed by atoms with Gasteiger partial charge in [0, 0.05) is 6.04 Å². The third kappa shape index (κ3) is 5.73. The van der Waals surface area contributed by atoms with Gasteiger partial charge in [0.1, 0.15) is 5.75 Å². The zero-order valence-corrected chi connectivity index (χ0v) is 19.2. The van der Waals surface area contributed by atoms with Crippen LogP contribution >= 0.6 is 11.8 Å². The topological polar surface area (TPSA) is 102 Å². The lowest BCUT2D eigenvalue weighted by atomic mass is 10.2. The Balaban J connectivity index is 1.51. The number of nitrogens with one attached hydrogen (secondary N) is 2. The molecule has 0 saturated heterocycles. The summed E-state index contributed by atoms with van der Waals surface area (Å²) >= 11 is 1.13. The first-order valence-electron chi connectivity index (χ1n) is 10.9. The number of hydrogen-bond acceptors (Lipinski definition) is 6. The number of imide groups is 1. The molecule has 172 valence electrons. The smallest absolute Gasteiger partial charge is 0.321 e. The fourth-order valence-electron chi connectivity index (χ4n) is 3.90. The molecule has 3 aromatic rings. The number of rotatable bonds is 7. The summed E-state index contributed by atoms with van der Waals surface area (Å²) in [5.41, 5.74) is 1.28. The summed E-state index contributed by atoms with van der Waals surface area (Å²) in [6.07, 6.45) is 4.06. The summed E-state index contributed by atoms with van der Waals surface area (Å²) in [5, 5.41) is 6.13. The van der Waals surface area contributed by atoms with Crippen LogP contribution in [0.1, 0.15) is 31.2 Å². The molecule has 1 aromatic heterocycles. The fraction of sp³-hybridized carbons (Fsp3) is 0.333. The Hall–Kier alpha value is -3.33. The van der Waals surface area contributed by atoms with E-state index in [1.165, 1.54) is 0 Å². The number of benzene rings is 2. The van der Waals surface area contributed by atoms with Crippen molar-refractivity contribution in [3.63, 3.8) is 0 Å². The SMILES string of the molecule is COc1ccc(Cn2c(SCC(=O)NC(=O)NC3CCCC3)nc3ccccc3c2=O)cc1. The molecule has 3 amide bonds. The van der Waals surface area contributed by atoms with Gasteiger partial charge in [0.15, 0.2) is 5.16 Å². The van der Waals surface area contributed by atoms with E-state index in [0.717, 1.165) is 48.8 Å². The Labute approximate surface area is 195 Å². The second-order valence-electron chi connectivity index (χ2n) is 7.94. The zero-order chi connectivity index (χ0) is 23.2. The average Bonchev–Trinajstić information content (AvgIpc) is 3.33. The third-order valence-electron chi connectivity index (χ3n) is 5.60. The largest absolute Gasteiger partial charge is 0.497 e. The second-order valence-corrected chi connectivity index (χ2v) is 8.89. The average molecular weight is 467 g/mol. The molecule has 9 heteroatoms. The summed E-state index contributed by atoms with van der Waals surface area (Å²) in [7, 11) is 1.60.